The maximum atomic E-state index is 13.5. The topological polar surface area (TPSA) is 307 Å². The normalized spacial score (nSPS) is 26.2. The Morgan fingerprint density at radius 2 is 0.660 bits per heavy atom. The molecule has 0 aromatic rings. The van der Waals surface area contributed by atoms with Crippen molar-refractivity contribution in [3.8, 4) is 0 Å². The van der Waals surface area contributed by atoms with Gasteiger partial charge in [-0.3, -0.25) is 4.79 Å². The molecule has 3 saturated heterocycles. The first kappa shape index (κ1) is 96.6. The standard InChI is InChI=1S/C87H151NO18/c1-3-5-7-9-11-13-15-17-19-21-23-25-26-27-28-29-30-31-32-33-34-35-36-37-38-39-40-41-42-43-44-45-47-49-51-53-55-57-59-61-63-65-75(93)88-70(71(92)64-62-60-58-56-54-52-50-48-46-24-22-20-18-16-14-12-10-8-6-4-2)69-101-85-81(99)78(96)83(73(67-90)103-85)106-87-82(100)79(97)84(74(68-91)104-87)105-86-80(98)77(95)76(94)72(66-89)102-86/h5,7,11,13,17,19,23,25,27-28,30-31,33-34,54,56,62,64,70-74,76-87,89-92,94-100H,3-4,6,8-10,12,14-16,18,20-22,24,26,29,32,35-53,55,57-61,63,65-69H2,1-2H3,(H,88,93)/b7-5-,13-11-,19-17-,25-23-,28-27-,31-30-,34-33-,56-54+,64-62+. The van der Waals surface area contributed by atoms with Gasteiger partial charge in [-0.15, -0.1) is 0 Å². The summed E-state index contributed by atoms with van der Waals surface area (Å²) in [5.74, 6) is -0.284. The highest BCUT2D eigenvalue weighted by molar-refractivity contribution is 5.76. The van der Waals surface area contributed by atoms with Crippen LogP contribution in [0.3, 0.4) is 0 Å². The van der Waals surface area contributed by atoms with Crippen molar-refractivity contribution in [1.82, 2.24) is 5.32 Å². The first-order valence-electron chi connectivity index (χ1n) is 42.1. The summed E-state index contributed by atoms with van der Waals surface area (Å²) in [6.45, 7) is 1.62. The van der Waals surface area contributed by atoms with Crippen molar-refractivity contribution < 1.29 is 89.4 Å². The Morgan fingerprint density at radius 1 is 0.349 bits per heavy atom. The van der Waals surface area contributed by atoms with Crippen LogP contribution in [0.5, 0.6) is 0 Å². The largest absolute Gasteiger partial charge is 0.394 e. The molecule has 12 N–H and O–H groups in total. The molecule has 1 amide bonds. The van der Waals surface area contributed by atoms with Gasteiger partial charge in [0, 0.05) is 6.42 Å². The predicted octanol–water partition coefficient (Wildman–Crippen LogP) is 14.9. The highest BCUT2D eigenvalue weighted by Gasteiger charge is 2.54. The first-order valence-corrected chi connectivity index (χ1v) is 42.1. The van der Waals surface area contributed by atoms with Crippen LogP contribution >= 0.6 is 0 Å². The van der Waals surface area contributed by atoms with Gasteiger partial charge in [-0.2, -0.15) is 0 Å². The van der Waals surface area contributed by atoms with E-state index in [0.717, 1.165) is 83.5 Å². The summed E-state index contributed by atoms with van der Waals surface area (Å²) in [5.41, 5.74) is 0. The Morgan fingerprint density at radius 3 is 1.06 bits per heavy atom. The Balaban J connectivity index is 1.31. The van der Waals surface area contributed by atoms with Gasteiger partial charge >= 0.3 is 0 Å². The van der Waals surface area contributed by atoms with Crippen molar-refractivity contribution in [2.45, 2.75) is 407 Å². The van der Waals surface area contributed by atoms with E-state index < -0.39 is 124 Å². The SMILES string of the molecule is CC/C=C\C/C=C\C/C=C\C/C=C\C/C=C\C/C=C\C/C=C\CCCCCCCCCCCCCCCCCCCCCC(=O)NC(COC1OC(CO)C(OC2OC(CO)C(OC3OC(CO)C(O)C(O)C3O)C(O)C2O)C(O)C1O)C(O)/C=C/CC/C=C/CCCCCCCCCCCCCCCC. The number of hydrogen-bond donors (Lipinski definition) is 12. The highest BCUT2D eigenvalue weighted by atomic mass is 16.8. The molecule has 0 aliphatic carbocycles. The van der Waals surface area contributed by atoms with Crippen LogP contribution in [-0.2, 0) is 33.2 Å². The monoisotopic (exact) mass is 1500 g/mol. The number of unbranched alkanes of at least 4 members (excludes halogenated alkanes) is 34. The number of ether oxygens (including phenoxy) is 6. The fourth-order valence-corrected chi connectivity index (χ4v) is 13.6. The van der Waals surface area contributed by atoms with Crippen LogP contribution in [-0.4, -0.2) is 193 Å². The molecule has 19 heteroatoms. The van der Waals surface area contributed by atoms with Crippen LogP contribution in [0.1, 0.15) is 303 Å². The lowest BCUT2D eigenvalue weighted by molar-refractivity contribution is -0.379. The molecule has 17 unspecified atom stereocenters. The molecule has 0 bridgehead atoms. The molecule has 106 heavy (non-hydrogen) atoms. The summed E-state index contributed by atoms with van der Waals surface area (Å²) >= 11 is 0. The van der Waals surface area contributed by atoms with Gasteiger partial charge in [-0.05, 0) is 89.9 Å². The molecule has 612 valence electrons. The third-order valence-corrected chi connectivity index (χ3v) is 20.3. The fraction of sp³-hybridized carbons (Fsp3) is 0.782. The smallest absolute Gasteiger partial charge is 0.220 e. The minimum atomic E-state index is -1.98. The Hall–Kier alpha value is -3.55. The van der Waals surface area contributed by atoms with Gasteiger partial charge in [0.15, 0.2) is 18.9 Å². The van der Waals surface area contributed by atoms with Crippen molar-refractivity contribution in [1.29, 1.82) is 0 Å². The number of nitrogens with one attached hydrogen (secondary N) is 1. The van der Waals surface area contributed by atoms with Gasteiger partial charge in [-0.1, -0.05) is 316 Å². The van der Waals surface area contributed by atoms with E-state index in [1.807, 2.05) is 6.08 Å². The zero-order chi connectivity index (χ0) is 76.7. The van der Waals surface area contributed by atoms with Crippen molar-refractivity contribution in [3.05, 3.63) is 109 Å². The van der Waals surface area contributed by atoms with Gasteiger partial charge in [-0.25, -0.2) is 0 Å². The lowest BCUT2D eigenvalue weighted by atomic mass is 9.96. The van der Waals surface area contributed by atoms with Crippen molar-refractivity contribution >= 4 is 5.91 Å². The Kier molecular flexibility index (Phi) is 60.3. The van der Waals surface area contributed by atoms with E-state index >= 15 is 0 Å². The molecule has 0 saturated carbocycles. The van der Waals surface area contributed by atoms with Crippen LogP contribution in [0.2, 0.25) is 0 Å². The second-order valence-electron chi connectivity index (χ2n) is 29.6. The average Bonchev–Trinajstić information content (AvgIpc) is 0.780. The van der Waals surface area contributed by atoms with E-state index in [1.54, 1.807) is 6.08 Å². The number of carbonyl (C=O) groups is 1. The summed E-state index contributed by atoms with van der Waals surface area (Å²) in [4.78, 5) is 13.5. The summed E-state index contributed by atoms with van der Waals surface area (Å²) in [6.07, 6.45) is 65.2. The molecular formula is C87H151NO18. The maximum absolute atomic E-state index is 13.5. The van der Waals surface area contributed by atoms with Crippen molar-refractivity contribution in [2.24, 2.45) is 0 Å². The number of carbonyl (C=O) groups excluding carboxylic acids is 1. The second kappa shape index (κ2) is 66.1. The summed E-state index contributed by atoms with van der Waals surface area (Å²) < 4.78 is 34.4. The fourth-order valence-electron chi connectivity index (χ4n) is 13.6. The van der Waals surface area contributed by atoms with Crippen molar-refractivity contribution in [2.75, 3.05) is 26.4 Å². The van der Waals surface area contributed by atoms with Gasteiger partial charge in [0.25, 0.3) is 0 Å². The predicted molar refractivity (Wildman–Crippen MR) is 424 cm³/mol. The van der Waals surface area contributed by atoms with Crippen LogP contribution < -0.4 is 5.32 Å². The van der Waals surface area contributed by atoms with Crippen molar-refractivity contribution in [3.63, 3.8) is 0 Å². The van der Waals surface area contributed by atoms with E-state index in [0.29, 0.717) is 12.8 Å². The molecule has 3 rings (SSSR count). The number of aliphatic hydroxyl groups excluding tert-OH is 11. The highest BCUT2D eigenvalue weighted by Crippen LogP contribution is 2.33. The number of rotatable bonds is 66. The molecule has 3 fully saturated rings. The van der Waals surface area contributed by atoms with Gasteiger partial charge in [0.1, 0.15) is 73.2 Å². The Bertz CT molecular complexity index is 2340. The van der Waals surface area contributed by atoms with Gasteiger partial charge in [0.2, 0.25) is 5.91 Å². The van der Waals surface area contributed by atoms with E-state index in [2.05, 4.69) is 116 Å². The van der Waals surface area contributed by atoms with E-state index in [-0.39, 0.29) is 18.9 Å². The van der Waals surface area contributed by atoms with E-state index in [4.69, 9.17) is 28.4 Å². The minimum absolute atomic E-state index is 0.233. The summed E-state index contributed by atoms with van der Waals surface area (Å²) in [6, 6.07) is -0.995. The molecule has 0 spiro atoms. The molecular weight excluding hydrogens is 1350 g/mol. The lowest BCUT2D eigenvalue weighted by Gasteiger charge is -2.48. The number of amides is 1. The molecule has 3 aliphatic rings. The molecule has 3 aliphatic heterocycles. The van der Waals surface area contributed by atoms with Crippen LogP contribution in [0.4, 0.5) is 0 Å². The lowest BCUT2D eigenvalue weighted by Crippen LogP contribution is -2.66. The summed E-state index contributed by atoms with van der Waals surface area (Å²) in [7, 11) is 0. The Labute approximate surface area is 640 Å². The zero-order valence-corrected chi connectivity index (χ0v) is 65.6. The summed E-state index contributed by atoms with van der Waals surface area (Å²) in [5, 5.41) is 121. The molecule has 0 aromatic heterocycles. The van der Waals surface area contributed by atoms with E-state index in [1.165, 1.54) is 186 Å². The number of allylic oxidation sites excluding steroid dienone is 17. The third-order valence-electron chi connectivity index (χ3n) is 20.3. The molecule has 19 nitrogen and oxygen atoms in total. The first-order chi connectivity index (χ1) is 51.8. The third kappa shape index (κ3) is 45.1. The molecule has 0 radical (unpaired) electrons. The van der Waals surface area contributed by atoms with E-state index in [9.17, 15) is 61.0 Å². The van der Waals surface area contributed by atoms with Crippen LogP contribution in [0.15, 0.2) is 109 Å². The zero-order valence-electron chi connectivity index (χ0n) is 65.6. The van der Waals surface area contributed by atoms with Gasteiger partial charge in [0.05, 0.1) is 38.6 Å². The quantitative estimate of drug-likeness (QED) is 0.0199. The number of hydrogen-bond acceptors (Lipinski definition) is 18. The molecule has 0 aromatic carbocycles. The number of aliphatic hydroxyl groups is 11. The van der Waals surface area contributed by atoms with Gasteiger partial charge < -0.3 is 89.9 Å². The maximum Gasteiger partial charge on any atom is 0.220 e. The van der Waals surface area contributed by atoms with Crippen LogP contribution in [0, 0.1) is 0 Å². The minimum Gasteiger partial charge on any atom is -0.394 e. The average molecular weight is 1500 g/mol. The second-order valence-corrected chi connectivity index (χ2v) is 29.6. The molecule has 3 heterocycles. The molecule has 17 atom stereocenters. The van der Waals surface area contributed by atoms with Crippen LogP contribution in [0.25, 0.3) is 0 Å².